The number of aromatic nitrogens is 3. The second kappa shape index (κ2) is 11.2. The summed E-state index contributed by atoms with van der Waals surface area (Å²) >= 11 is 0. The quantitative estimate of drug-likeness (QED) is 0.250. The van der Waals surface area contributed by atoms with E-state index in [0.29, 0.717) is 25.0 Å². The lowest BCUT2D eigenvalue weighted by atomic mass is 9.99. The number of nitrogens with zero attached hydrogens (tertiary/aromatic N) is 3. The highest BCUT2D eigenvalue weighted by atomic mass is 16.5. The molecule has 0 unspecified atom stereocenters. The third-order valence-corrected chi connectivity index (χ3v) is 5.78. The Hall–Kier alpha value is -4.04. The van der Waals surface area contributed by atoms with Gasteiger partial charge in [-0.2, -0.15) is 0 Å². The molecule has 34 heavy (non-hydrogen) atoms. The summed E-state index contributed by atoms with van der Waals surface area (Å²) in [7, 11) is 0. The molecule has 0 aliphatic rings. The van der Waals surface area contributed by atoms with Gasteiger partial charge in [-0.25, -0.2) is 10.2 Å². The standard InChI is InChI=1S/C26H27N5O3/c32-25(13-11-19-6-2-1-3-7-19)27-17-24-18-28-30-31(24)23(16-26(33)29-34)15-20-10-12-21-8-4-5-9-22(21)14-20/h1-10,12,14,18,23,34H,11,13,15-17H2,(H,27,32)(H,29,33)/t23-/m1/s1. The van der Waals surface area contributed by atoms with Crippen molar-refractivity contribution in [1.82, 2.24) is 25.8 Å². The molecule has 3 aromatic carbocycles. The van der Waals surface area contributed by atoms with Gasteiger partial charge in [0.05, 0.1) is 30.9 Å². The summed E-state index contributed by atoms with van der Waals surface area (Å²) in [6, 6.07) is 23.7. The van der Waals surface area contributed by atoms with E-state index in [1.54, 1.807) is 16.4 Å². The molecule has 0 fully saturated rings. The summed E-state index contributed by atoms with van der Waals surface area (Å²) in [5, 5.41) is 22.4. The van der Waals surface area contributed by atoms with E-state index in [2.05, 4.69) is 21.7 Å². The summed E-state index contributed by atoms with van der Waals surface area (Å²) in [6.45, 7) is 0.246. The van der Waals surface area contributed by atoms with Gasteiger partial charge in [-0.05, 0) is 34.7 Å². The van der Waals surface area contributed by atoms with E-state index in [9.17, 15) is 9.59 Å². The molecule has 8 heteroatoms. The van der Waals surface area contributed by atoms with Crippen molar-refractivity contribution in [2.24, 2.45) is 0 Å². The van der Waals surface area contributed by atoms with Gasteiger partial charge in [-0.1, -0.05) is 78.0 Å². The van der Waals surface area contributed by atoms with Gasteiger partial charge in [0.15, 0.2) is 0 Å². The van der Waals surface area contributed by atoms with Gasteiger partial charge in [0.25, 0.3) is 0 Å². The number of hydrogen-bond acceptors (Lipinski definition) is 5. The van der Waals surface area contributed by atoms with E-state index >= 15 is 0 Å². The Morgan fingerprint density at radius 3 is 2.47 bits per heavy atom. The van der Waals surface area contributed by atoms with Crippen molar-refractivity contribution >= 4 is 22.6 Å². The molecule has 2 amide bonds. The highest BCUT2D eigenvalue weighted by Crippen LogP contribution is 2.23. The molecule has 3 N–H and O–H groups in total. The minimum Gasteiger partial charge on any atom is -0.350 e. The SMILES string of the molecule is O=C(C[C@@H](Cc1ccc2ccccc2c1)n1nncc1CNC(=O)CCc1ccccc1)NO. The highest BCUT2D eigenvalue weighted by molar-refractivity contribution is 5.83. The first kappa shape index (κ1) is 23.1. The van der Waals surface area contributed by atoms with Gasteiger partial charge in [-0.3, -0.25) is 14.8 Å². The predicted octanol–water partition coefficient (Wildman–Crippen LogP) is 3.36. The summed E-state index contributed by atoms with van der Waals surface area (Å²) in [4.78, 5) is 24.4. The first-order valence-corrected chi connectivity index (χ1v) is 11.2. The zero-order valence-electron chi connectivity index (χ0n) is 18.7. The molecule has 8 nitrogen and oxygen atoms in total. The fourth-order valence-corrected chi connectivity index (χ4v) is 4.02. The lowest BCUT2D eigenvalue weighted by Crippen LogP contribution is -2.29. The Balaban J connectivity index is 1.45. The minimum atomic E-state index is -0.515. The maximum absolute atomic E-state index is 12.4. The largest absolute Gasteiger partial charge is 0.350 e. The van der Waals surface area contributed by atoms with Gasteiger partial charge in [0.1, 0.15) is 0 Å². The van der Waals surface area contributed by atoms with E-state index < -0.39 is 5.91 Å². The van der Waals surface area contributed by atoms with Crippen LogP contribution < -0.4 is 10.8 Å². The van der Waals surface area contributed by atoms with Crippen molar-refractivity contribution in [1.29, 1.82) is 0 Å². The molecule has 4 rings (SSSR count). The molecule has 174 valence electrons. The minimum absolute atomic E-state index is 0.0155. The van der Waals surface area contributed by atoms with Gasteiger partial charge in [0, 0.05) is 6.42 Å². The van der Waals surface area contributed by atoms with Crippen LogP contribution in [0.15, 0.2) is 79.0 Å². The fraction of sp³-hybridized carbons (Fsp3) is 0.231. The zero-order chi connectivity index (χ0) is 23.8. The zero-order valence-corrected chi connectivity index (χ0v) is 18.7. The number of nitrogens with one attached hydrogen (secondary N) is 2. The lowest BCUT2D eigenvalue weighted by Gasteiger charge is -2.19. The average Bonchev–Trinajstić information content (AvgIpc) is 3.35. The molecule has 1 heterocycles. The van der Waals surface area contributed by atoms with Crippen LogP contribution in [0.4, 0.5) is 0 Å². The van der Waals surface area contributed by atoms with Crippen molar-refractivity contribution in [3.05, 3.63) is 95.8 Å². The van der Waals surface area contributed by atoms with E-state index in [1.807, 2.05) is 66.7 Å². The van der Waals surface area contributed by atoms with Crippen molar-refractivity contribution in [2.45, 2.75) is 38.3 Å². The summed E-state index contributed by atoms with van der Waals surface area (Å²) in [6.07, 6.45) is 3.14. The van der Waals surface area contributed by atoms with Crippen molar-refractivity contribution in [3.8, 4) is 0 Å². The van der Waals surface area contributed by atoms with Crippen LogP contribution in [0.1, 0.15) is 35.7 Å². The Morgan fingerprint density at radius 2 is 1.68 bits per heavy atom. The molecule has 0 radical (unpaired) electrons. The van der Waals surface area contributed by atoms with E-state index in [1.165, 1.54) is 0 Å². The number of hydroxylamine groups is 1. The molecular weight excluding hydrogens is 430 g/mol. The van der Waals surface area contributed by atoms with Gasteiger partial charge < -0.3 is 5.32 Å². The van der Waals surface area contributed by atoms with Crippen LogP contribution in [-0.2, 0) is 29.0 Å². The fourth-order valence-electron chi connectivity index (χ4n) is 4.02. The summed E-state index contributed by atoms with van der Waals surface area (Å²) in [5.74, 6) is -0.588. The number of aryl methyl sites for hydroxylation is 1. The highest BCUT2D eigenvalue weighted by Gasteiger charge is 2.21. The first-order valence-electron chi connectivity index (χ1n) is 11.2. The Morgan fingerprint density at radius 1 is 0.912 bits per heavy atom. The second-order valence-corrected chi connectivity index (χ2v) is 8.21. The van der Waals surface area contributed by atoms with Crippen LogP contribution in [0.25, 0.3) is 10.8 Å². The molecule has 0 saturated heterocycles. The average molecular weight is 458 g/mol. The number of rotatable bonds is 10. The Kier molecular flexibility index (Phi) is 7.62. The maximum Gasteiger partial charge on any atom is 0.245 e. The topological polar surface area (TPSA) is 109 Å². The number of carbonyl (C=O) groups excluding carboxylic acids is 2. The van der Waals surface area contributed by atoms with Gasteiger partial charge >= 0.3 is 0 Å². The normalized spacial score (nSPS) is 11.8. The van der Waals surface area contributed by atoms with E-state index in [0.717, 1.165) is 21.9 Å². The first-order chi connectivity index (χ1) is 16.6. The van der Waals surface area contributed by atoms with Crippen LogP contribution in [0, 0.1) is 0 Å². The smallest absolute Gasteiger partial charge is 0.245 e. The van der Waals surface area contributed by atoms with Crippen LogP contribution in [0.3, 0.4) is 0 Å². The molecule has 0 bridgehead atoms. The number of carbonyl (C=O) groups is 2. The molecule has 1 aromatic heterocycles. The van der Waals surface area contributed by atoms with Crippen molar-refractivity contribution < 1.29 is 14.8 Å². The van der Waals surface area contributed by atoms with E-state index in [4.69, 9.17) is 5.21 Å². The number of hydrogen-bond donors (Lipinski definition) is 3. The van der Waals surface area contributed by atoms with Crippen LogP contribution in [-0.4, -0.2) is 32.0 Å². The lowest BCUT2D eigenvalue weighted by molar-refractivity contribution is -0.130. The molecule has 0 saturated carbocycles. The second-order valence-electron chi connectivity index (χ2n) is 8.21. The Labute approximate surface area is 197 Å². The molecule has 0 aliphatic carbocycles. The third kappa shape index (κ3) is 6.05. The Bertz CT molecular complexity index is 1260. The molecular formula is C26H27N5O3. The maximum atomic E-state index is 12.4. The summed E-state index contributed by atoms with van der Waals surface area (Å²) < 4.78 is 1.65. The van der Waals surface area contributed by atoms with Crippen molar-refractivity contribution in [3.63, 3.8) is 0 Å². The van der Waals surface area contributed by atoms with Crippen molar-refractivity contribution in [2.75, 3.05) is 0 Å². The number of benzene rings is 3. The molecule has 0 spiro atoms. The molecule has 4 aromatic rings. The summed E-state index contributed by atoms with van der Waals surface area (Å²) in [5.41, 5.74) is 4.53. The van der Waals surface area contributed by atoms with Crippen LogP contribution >= 0.6 is 0 Å². The van der Waals surface area contributed by atoms with Gasteiger partial charge in [-0.15, -0.1) is 5.10 Å². The predicted molar refractivity (Wildman–Crippen MR) is 128 cm³/mol. The third-order valence-electron chi connectivity index (χ3n) is 5.78. The molecule has 1 atom stereocenters. The monoisotopic (exact) mass is 457 g/mol. The van der Waals surface area contributed by atoms with Crippen LogP contribution in [0.5, 0.6) is 0 Å². The van der Waals surface area contributed by atoms with Gasteiger partial charge in [0.2, 0.25) is 11.8 Å². The molecule has 0 aliphatic heterocycles. The van der Waals surface area contributed by atoms with Crippen LogP contribution in [0.2, 0.25) is 0 Å². The van der Waals surface area contributed by atoms with E-state index in [-0.39, 0.29) is 24.9 Å². The number of amides is 2. The number of fused-ring (bicyclic) bond motifs is 1.